The molecule has 1 aromatic heterocycles. The Kier molecular flexibility index (Phi) is 4.77. The lowest BCUT2D eigenvalue weighted by Crippen LogP contribution is -2.36. The molecule has 0 N–H and O–H groups in total. The van der Waals surface area contributed by atoms with Crippen LogP contribution < -0.4 is 4.90 Å². The fourth-order valence-corrected chi connectivity index (χ4v) is 3.06. The maximum atomic E-state index is 4.41. The van der Waals surface area contributed by atoms with E-state index in [0.717, 1.165) is 42.3 Å². The molecule has 1 unspecified atom stereocenters. The van der Waals surface area contributed by atoms with Gasteiger partial charge in [0.15, 0.2) is 0 Å². The maximum absolute atomic E-state index is 4.41. The van der Waals surface area contributed by atoms with Gasteiger partial charge in [-0.05, 0) is 31.6 Å². The van der Waals surface area contributed by atoms with E-state index in [9.17, 15) is 0 Å². The van der Waals surface area contributed by atoms with E-state index in [1.54, 1.807) is 6.33 Å². The smallest absolute Gasteiger partial charge is 0.132 e. The van der Waals surface area contributed by atoms with E-state index < -0.39 is 0 Å². The van der Waals surface area contributed by atoms with Crippen LogP contribution in [0.2, 0.25) is 0 Å². The normalized spacial score (nSPS) is 20.6. The summed E-state index contributed by atoms with van der Waals surface area (Å²) in [7, 11) is 0. The van der Waals surface area contributed by atoms with Gasteiger partial charge in [-0.3, -0.25) is 0 Å². The standard InChI is InChI=1S/C13H20BrN3/c1-2-12-8-13(16-10-15-12)17-7-3-4-11(9-17)5-6-14/h8,10-11H,2-7,9H2,1H3. The lowest BCUT2D eigenvalue weighted by molar-refractivity contribution is 0.406. The Bertz CT molecular complexity index is 354. The van der Waals surface area contributed by atoms with Gasteiger partial charge >= 0.3 is 0 Å². The molecule has 0 radical (unpaired) electrons. The van der Waals surface area contributed by atoms with Crippen LogP contribution in [0, 0.1) is 5.92 Å². The highest BCUT2D eigenvalue weighted by atomic mass is 79.9. The zero-order valence-electron chi connectivity index (χ0n) is 10.4. The Morgan fingerprint density at radius 1 is 1.47 bits per heavy atom. The Balaban J connectivity index is 2.05. The molecule has 4 heteroatoms. The van der Waals surface area contributed by atoms with Crippen molar-refractivity contribution in [2.75, 3.05) is 23.3 Å². The minimum atomic E-state index is 0.808. The Morgan fingerprint density at radius 2 is 2.35 bits per heavy atom. The van der Waals surface area contributed by atoms with Gasteiger partial charge in [0.25, 0.3) is 0 Å². The highest BCUT2D eigenvalue weighted by Gasteiger charge is 2.20. The number of halogens is 1. The average Bonchev–Trinajstić information content (AvgIpc) is 2.40. The Labute approximate surface area is 112 Å². The van der Waals surface area contributed by atoms with Gasteiger partial charge in [-0.2, -0.15) is 0 Å². The number of nitrogens with zero attached hydrogens (tertiary/aromatic N) is 3. The van der Waals surface area contributed by atoms with E-state index in [4.69, 9.17) is 0 Å². The number of anilines is 1. The predicted octanol–water partition coefficient (Wildman–Crippen LogP) is 3.04. The molecular weight excluding hydrogens is 278 g/mol. The van der Waals surface area contributed by atoms with Gasteiger partial charge in [0.05, 0.1) is 0 Å². The second-order valence-corrected chi connectivity index (χ2v) is 5.45. The number of alkyl halides is 1. The summed E-state index contributed by atoms with van der Waals surface area (Å²) in [5.74, 6) is 1.92. The summed E-state index contributed by atoms with van der Waals surface area (Å²) in [4.78, 5) is 11.1. The summed E-state index contributed by atoms with van der Waals surface area (Å²) in [5.41, 5.74) is 1.14. The summed E-state index contributed by atoms with van der Waals surface area (Å²) < 4.78 is 0. The summed E-state index contributed by atoms with van der Waals surface area (Å²) in [5, 5.41) is 1.11. The number of aryl methyl sites for hydroxylation is 1. The molecule has 0 aliphatic carbocycles. The molecule has 2 heterocycles. The molecule has 0 amide bonds. The van der Waals surface area contributed by atoms with E-state index >= 15 is 0 Å². The maximum Gasteiger partial charge on any atom is 0.132 e. The molecule has 0 saturated carbocycles. The number of rotatable bonds is 4. The molecular formula is C13H20BrN3. The van der Waals surface area contributed by atoms with Crippen molar-refractivity contribution < 1.29 is 0 Å². The van der Waals surface area contributed by atoms with Crippen molar-refractivity contribution in [3.8, 4) is 0 Å². The van der Waals surface area contributed by atoms with E-state index in [0.29, 0.717) is 0 Å². The summed E-state index contributed by atoms with van der Waals surface area (Å²) in [6, 6.07) is 2.14. The van der Waals surface area contributed by atoms with Gasteiger partial charge in [0, 0.05) is 30.2 Å². The molecule has 1 aromatic rings. The van der Waals surface area contributed by atoms with Crippen LogP contribution in [0.25, 0.3) is 0 Å². The van der Waals surface area contributed by atoms with Crippen LogP contribution in [0.3, 0.4) is 0 Å². The first-order valence-corrected chi connectivity index (χ1v) is 7.57. The molecule has 0 aromatic carbocycles. The van der Waals surface area contributed by atoms with Gasteiger partial charge in [0.1, 0.15) is 12.1 Å². The topological polar surface area (TPSA) is 29.0 Å². The largest absolute Gasteiger partial charge is 0.356 e. The average molecular weight is 298 g/mol. The van der Waals surface area contributed by atoms with Gasteiger partial charge in [-0.15, -0.1) is 0 Å². The van der Waals surface area contributed by atoms with Crippen molar-refractivity contribution in [1.29, 1.82) is 0 Å². The van der Waals surface area contributed by atoms with Gasteiger partial charge in [-0.1, -0.05) is 22.9 Å². The highest BCUT2D eigenvalue weighted by Crippen LogP contribution is 2.24. The number of piperidine rings is 1. The zero-order chi connectivity index (χ0) is 12.1. The monoisotopic (exact) mass is 297 g/mol. The first kappa shape index (κ1) is 12.8. The van der Waals surface area contributed by atoms with Crippen molar-refractivity contribution in [3.05, 3.63) is 18.1 Å². The molecule has 1 aliphatic heterocycles. The van der Waals surface area contributed by atoms with E-state index in [2.05, 4.69) is 43.8 Å². The van der Waals surface area contributed by atoms with Crippen LogP contribution in [0.5, 0.6) is 0 Å². The molecule has 1 saturated heterocycles. The van der Waals surface area contributed by atoms with E-state index in [-0.39, 0.29) is 0 Å². The third-order valence-corrected chi connectivity index (χ3v) is 3.89. The van der Waals surface area contributed by atoms with Gasteiger partial charge in [-0.25, -0.2) is 9.97 Å². The Hall–Kier alpha value is -0.640. The van der Waals surface area contributed by atoms with Crippen LogP contribution in [0.4, 0.5) is 5.82 Å². The highest BCUT2D eigenvalue weighted by molar-refractivity contribution is 9.09. The fourth-order valence-electron chi connectivity index (χ4n) is 2.42. The van der Waals surface area contributed by atoms with Crippen LogP contribution in [-0.4, -0.2) is 28.4 Å². The molecule has 0 bridgehead atoms. The molecule has 1 fully saturated rings. The number of aromatic nitrogens is 2. The van der Waals surface area contributed by atoms with Gasteiger partial charge in [0.2, 0.25) is 0 Å². The molecule has 1 aliphatic rings. The van der Waals surface area contributed by atoms with Crippen molar-refractivity contribution in [1.82, 2.24) is 9.97 Å². The number of hydrogen-bond donors (Lipinski definition) is 0. The number of hydrogen-bond acceptors (Lipinski definition) is 3. The van der Waals surface area contributed by atoms with E-state index in [1.807, 2.05) is 0 Å². The van der Waals surface area contributed by atoms with Crippen molar-refractivity contribution in [2.45, 2.75) is 32.6 Å². The lowest BCUT2D eigenvalue weighted by Gasteiger charge is -2.33. The second kappa shape index (κ2) is 6.34. The summed E-state index contributed by atoms with van der Waals surface area (Å²) in [6.45, 7) is 4.42. The molecule has 17 heavy (non-hydrogen) atoms. The van der Waals surface area contributed by atoms with Crippen LogP contribution in [0.15, 0.2) is 12.4 Å². The summed E-state index contributed by atoms with van der Waals surface area (Å²) in [6.07, 6.45) is 6.58. The zero-order valence-corrected chi connectivity index (χ0v) is 12.0. The molecule has 1 atom stereocenters. The molecule has 2 rings (SSSR count). The third kappa shape index (κ3) is 3.41. The quantitative estimate of drug-likeness (QED) is 0.800. The third-order valence-electron chi connectivity index (χ3n) is 3.43. The fraction of sp³-hybridized carbons (Fsp3) is 0.692. The first-order valence-electron chi connectivity index (χ1n) is 6.45. The minimum absolute atomic E-state index is 0.808. The van der Waals surface area contributed by atoms with Crippen molar-refractivity contribution in [2.24, 2.45) is 5.92 Å². The van der Waals surface area contributed by atoms with Crippen LogP contribution >= 0.6 is 15.9 Å². The van der Waals surface area contributed by atoms with Crippen molar-refractivity contribution in [3.63, 3.8) is 0 Å². The Morgan fingerprint density at radius 3 is 3.12 bits per heavy atom. The van der Waals surface area contributed by atoms with Crippen molar-refractivity contribution >= 4 is 21.7 Å². The van der Waals surface area contributed by atoms with Crippen LogP contribution in [-0.2, 0) is 6.42 Å². The predicted molar refractivity (Wildman–Crippen MR) is 74.8 cm³/mol. The molecule has 94 valence electrons. The first-order chi connectivity index (χ1) is 8.33. The van der Waals surface area contributed by atoms with Gasteiger partial charge < -0.3 is 4.90 Å². The van der Waals surface area contributed by atoms with E-state index in [1.165, 1.54) is 19.3 Å². The molecule has 0 spiro atoms. The minimum Gasteiger partial charge on any atom is -0.356 e. The molecule has 3 nitrogen and oxygen atoms in total. The SMILES string of the molecule is CCc1cc(N2CCCC(CCBr)C2)ncn1. The second-order valence-electron chi connectivity index (χ2n) is 4.65. The lowest BCUT2D eigenvalue weighted by atomic mass is 9.96. The summed E-state index contributed by atoms with van der Waals surface area (Å²) >= 11 is 3.54. The van der Waals surface area contributed by atoms with Crippen LogP contribution in [0.1, 0.15) is 31.9 Å².